The largest absolute Gasteiger partial charge is 0.478 e. The number of rotatable bonds is 3. The van der Waals surface area contributed by atoms with Gasteiger partial charge >= 0.3 is 11.9 Å². The third-order valence-electron chi connectivity index (χ3n) is 3.25. The molecule has 0 aliphatic rings. The quantitative estimate of drug-likeness (QED) is 0.669. The van der Waals surface area contributed by atoms with Gasteiger partial charge in [0, 0.05) is 5.69 Å². The standard InChI is InChI=1S/C10H13NO2.C8H8O2/c1-3-13-10(12)8-5-4-6-9(11)7(8)2;1-6-4-2-3-5-7(6)8(9)10/h4-6H,3,11H2,1-2H3;2-5H,1H3,(H,9,10). The van der Waals surface area contributed by atoms with Crippen molar-refractivity contribution in [2.24, 2.45) is 0 Å². The number of carboxylic acids is 1. The zero-order valence-corrected chi connectivity index (χ0v) is 13.5. The van der Waals surface area contributed by atoms with Crippen molar-refractivity contribution in [2.75, 3.05) is 12.3 Å². The highest BCUT2D eigenvalue weighted by atomic mass is 16.5. The number of hydrogen-bond donors (Lipinski definition) is 2. The van der Waals surface area contributed by atoms with Crippen LogP contribution < -0.4 is 5.73 Å². The van der Waals surface area contributed by atoms with Crippen molar-refractivity contribution in [3.63, 3.8) is 0 Å². The summed E-state index contributed by atoms with van der Waals surface area (Å²) in [6.45, 7) is 5.75. The van der Waals surface area contributed by atoms with Crippen molar-refractivity contribution in [3.8, 4) is 0 Å². The highest BCUT2D eigenvalue weighted by Crippen LogP contribution is 2.16. The van der Waals surface area contributed by atoms with Crippen LogP contribution in [0.3, 0.4) is 0 Å². The maximum Gasteiger partial charge on any atom is 0.338 e. The number of hydrogen-bond acceptors (Lipinski definition) is 4. The summed E-state index contributed by atoms with van der Waals surface area (Å²) in [5, 5.41) is 8.57. The molecular formula is C18H21NO4. The SMILES string of the molecule is CCOC(=O)c1cccc(N)c1C.Cc1ccccc1C(=O)O. The second kappa shape index (κ2) is 8.58. The summed E-state index contributed by atoms with van der Waals surface area (Å²) >= 11 is 0. The van der Waals surface area contributed by atoms with Crippen molar-refractivity contribution >= 4 is 17.6 Å². The van der Waals surface area contributed by atoms with Gasteiger partial charge in [-0.2, -0.15) is 0 Å². The Hall–Kier alpha value is -2.82. The molecule has 0 aromatic heterocycles. The maximum absolute atomic E-state index is 11.3. The van der Waals surface area contributed by atoms with Crippen LogP contribution in [0, 0.1) is 13.8 Å². The smallest absolute Gasteiger partial charge is 0.338 e. The summed E-state index contributed by atoms with van der Waals surface area (Å²) < 4.78 is 4.87. The van der Waals surface area contributed by atoms with E-state index in [1.165, 1.54) is 0 Å². The predicted octanol–water partition coefficient (Wildman–Crippen LogP) is 3.45. The maximum atomic E-state index is 11.3. The number of carbonyl (C=O) groups excluding carboxylic acids is 1. The van der Waals surface area contributed by atoms with E-state index < -0.39 is 5.97 Å². The van der Waals surface area contributed by atoms with Gasteiger partial charge in [-0.05, 0) is 50.1 Å². The van der Waals surface area contributed by atoms with E-state index in [0.29, 0.717) is 23.4 Å². The van der Waals surface area contributed by atoms with E-state index in [9.17, 15) is 9.59 Å². The van der Waals surface area contributed by atoms with Crippen LogP contribution >= 0.6 is 0 Å². The van der Waals surface area contributed by atoms with Crippen LogP contribution in [0.4, 0.5) is 5.69 Å². The summed E-state index contributed by atoms with van der Waals surface area (Å²) in [7, 11) is 0. The fourth-order valence-electron chi connectivity index (χ4n) is 1.90. The first-order valence-corrected chi connectivity index (χ1v) is 7.19. The predicted molar refractivity (Wildman–Crippen MR) is 89.7 cm³/mol. The van der Waals surface area contributed by atoms with E-state index in [2.05, 4.69) is 0 Å². The summed E-state index contributed by atoms with van der Waals surface area (Å²) in [6, 6.07) is 12.1. The highest BCUT2D eigenvalue weighted by molar-refractivity contribution is 5.92. The number of nitrogen functional groups attached to an aromatic ring is 1. The molecule has 0 spiro atoms. The molecule has 0 heterocycles. The molecule has 2 aromatic carbocycles. The first-order chi connectivity index (χ1) is 10.9. The Morgan fingerprint density at radius 1 is 1.04 bits per heavy atom. The van der Waals surface area contributed by atoms with Gasteiger partial charge in [-0.25, -0.2) is 9.59 Å². The van der Waals surface area contributed by atoms with Gasteiger partial charge in [0.2, 0.25) is 0 Å². The van der Waals surface area contributed by atoms with E-state index >= 15 is 0 Å². The number of carbonyl (C=O) groups is 2. The molecule has 0 bridgehead atoms. The zero-order chi connectivity index (χ0) is 17.4. The first-order valence-electron chi connectivity index (χ1n) is 7.19. The molecule has 0 fully saturated rings. The summed E-state index contributed by atoms with van der Waals surface area (Å²) in [5.41, 5.74) is 8.76. The molecule has 0 aliphatic heterocycles. The van der Waals surface area contributed by atoms with Crippen molar-refractivity contribution in [3.05, 3.63) is 64.7 Å². The van der Waals surface area contributed by atoms with E-state index in [-0.39, 0.29) is 5.97 Å². The van der Waals surface area contributed by atoms with Gasteiger partial charge < -0.3 is 15.6 Å². The number of aromatic carboxylic acids is 1. The van der Waals surface area contributed by atoms with E-state index in [0.717, 1.165) is 11.1 Å². The van der Waals surface area contributed by atoms with E-state index in [1.54, 1.807) is 50.2 Å². The number of aryl methyl sites for hydroxylation is 1. The van der Waals surface area contributed by atoms with E-state index in [1.807, 2.05) is 13.0 Å². The van der Waals surface area contributed by atoms with Crippen molar-refractivity contribution in [1.82, 2.24) is 0 Å². The monoisotopic (exact) mass is 315 g/mol. The molecule has 23 heavy (non-hydrogen) atoms. The van der Waals surface area contributed by atoms with Gasteiger partial charge in [0.1, 0.15) is 0 Å². The second-order valence-electron chi connectivity index (χ2n) is 4.86. The van der Waals surface area contributed by atoms with Crippen molar-refractivity contribution in [2.45, 2.75) is 20.8 Å². The van der Waals surface area contributed by atoms with Gasteiger partial charge in [-0.3, -0.25) is 0 Å². The van der Waals surface area contributed by atoms with Crippen LogP contribution in [0.25, 0.3) is 0 Å². The van der Waals surface area contributed by atoms with Crippen LogP contribution in [0.2, 0.25) is 0 Å². The number of esters is 1. The molecule has 0 atom stereocenters. The second-order valence-corrected chi connectivity index (χ2v) is 4.86. The fourth-order valence-corrected chi connectivity index (χ4v) is 1.90. The van der Waals surface area contributed by atoms with Crippen molar-refractivity contribution in [1.29, 1.82) is 0 Å². The molecule has 0 amide bonds. The topological polar surface area (TPSA) is 89.6 Å². The lowest BCUT2D eigenvalue weighted by molar-refractivity contribution is 0.0525. The number of carboxylic acid groups (broad SMARTS) is 1. The number of nitrogens with two attached hydrogens (primary N) is 1. The number of anilines is 1. The van der Waals surface area contributed by atoms with Gasteiger partial charge in [0.15, 0.2) is 0 Å². The highest BCUT2D eigenvalue weighted by Gasteiger charge is 2.10. The summed E-state index contributed by atoms with van der Waals surface area (Å²) in [5.74, 6) is -1.18. The van der Waals surface area contributed by atoms with Gasteiger partial charge in [-0.15, -0.1) is 0 Å². The van der Waals surface area contributed by atoms with Crippen LogP contribution in [0.5, 0.6) is 0 Å². The zero-order valence-electron chi connectivity index (χ0n) is 13.5. The van der Waals surface area contributed by atoms with Crippen LogP contribution in [-0.2, 0) is 4.74 Å². The molecular weight excluding hydrogens is 294 g/mol. The third-order valence-corrected chi connectivity index (χ3v) is 3.25. The molecule has 3 N–H and O–H groups in total. The first kappa shape index (κ1) is 18.2. The molecule has 5 nitrogen and oxygen atoms in total. The Labute approximate surface area is 135 Å². The molecule has 0 saturated carbocycles. The molecule has 122 valence electrons. The van der Waals surface area contributed by atoms with Gasteiger partial charge in [0.25, 0.3) is 0 Å². The Morgan fingerprint density at radius 2 is 1.65 bits per heavy atom. The fraction of sp³-hybridized carbons (Fsp3) is 0.222. The van der Waals surface area contributed by atoms with Crippen LogP contribution in [0.1, 0.15) is 38.8 Å². The third kappa shape index (κ3) is 5.14. The normalized spacial score (nSPS) is 9.52. The average molecular weight is 315 g/mol. The minimum Gasteiger partial charge on any atom is -0.478 e. The Kier molecular flexibility index (Phi) is 6.80. The minimum atomic E-state index is -0.863. The average Bonchev–Trinajstić information content (AvgIpc) is 2.51. The van der Waals surface area contributed by atoms with Crippen LogP contribution in [0.15, 0.2) is 42.5 Å². The van der Waals surface area contributed by atoms with Crippen molar-refractivity contribution < 1.29 is 19.4 Å². The van der Waals surface area contributed by atoms with Gasteiger partial charge in [0.05, 0.1) is 17.7 Å². The number of benzene rings is 2. The lowest BCUT2D eigenvalue weighted by Crippen LogP contribution is -2.07. The molecule has 0 aliphatic carbocycles. The Bertz CT molecular complexity index is 695. The molecule has 5 heteroatoms. The molecule has 2 rings (SSSR count). The van der Waals surface area contributed by atoms with Gasteiger partial charge in [-0.1, -0.05) is 24.3 Å². The Morgan fingerprint density at radius 3 is 2.17 bits per heavy atom. The molecule has 0 saturated heterocycles. The van der Waals surface area contributed by atoms with Crippen LogP contribution in [-0.4, -0.2) is 23.7 Å². The molecule has 0 radical (unpaired) electrons. The summed E-state index contributed by atoms with van der Waals surface area (Å²) in [4.78, 5) is 21.8. The Balaban J connectivity index is 0.000000238. The summed E-state index contributed by atoms with van der Waals surface area (Å²) in [6.07, 6.45) is 0. The van der Waals surface area contributed by atoms with E-state index in [4.69, 9.17) is 15.6 Å². The molecule has 0 unspecified atom stereocenters. The lowest BCUT2D eigenvalue weighted by atomic mass is 10.1. The minimum absolute atomic E-state index is 0.313. The number of ether oxygens (including phenoxy) is 1. The lowest BCUT2D eigenvalue weighted by Gasteiger charge is -2.06. The molecule has 2 aromatic rings.